The van der Waals surface area contributed by atoms with Gasteiger partial charge in [0.05, 0.1) is 0 Å². The van der Waals surface area contributed by atoms with Gasteiger partial charge in [-0.15, -0.1) is 0 Å². The fourth-order valence-electron chi connectivity index (χ4n) is 2.64. The van der Waals surface area contributed by atoms with Crippen molar-refractivity contribution >= 4 is 11.8 Å². The Morgan fingerprint density at radius 2 is 1.90 bits per heavy atom. The Balaban J connectivity index is 2.15. The maximum absolute atomic E-state index is 12.1. The van der Waals surface area contributed by atoms with Crippen LogP contribution in [-0.4, -0.2) is 49.4 Å². The lowest BCUT2D eigenvalue weighted by atomic mass is 9.96. The highest BCUT2D eigenvalue weighted by molar-refractivity contribution is 5.79. The van der Waals surface area contributed by atoms with Gasteiger partial charge in [-0.3, -0.25) is 9.59 Å². The molecule has 2 amide bonds. The normalized spacial score (nSPS) is 16.3. The van der Waals surface area contributed by atoms with Crippen molar-refractivity contribution in [2.24, 2.45) is 11.8 Å². The number of amides is 2. The minimum Gasteiger partial charge on any atom is -0.356 e. The van der Waals surface area contributed by atoms with Gasteiger partial charge in [-0.05, 0) is 37.8 Å². The SMILES string of the molecule is CCNCC1CCN(C(=O)CCNC(=O)CC(C)C)CC1. The van der Waals surface area contributed by atoms with Crippen molar-refractivity contribution in [1.82, 2.24) is 15.5 Å². The molecule has 1 saturated heterocycles. The van der Waals surface area contributed by atoms with Crippen LogP contribution < -0.4 is 10.6 Å². The molecule has 5 nitrogen and oxygen atoms in total. The number of hydrogen-bond acceptors (Lipinski definition) is 3. The van der Waals surface area contributed by atoms with Crippen molar-refractivity contribution in [2.45, 2.75) is 46.5 Å². The smallest absolute Gasteiger partial charge is 0.224 e. The summed E-state index contributed by atoms with van der Waals surface area (Å²) in [5, 5.41) is 6.20. The summed E-state index contributed by atoms with van der Waals surface area (Å²) < 4.78 is 0. The molecular weight excluding hydrogens is 266 g/mol. The molecule has 122 valence electrons. The van der Waals surface area contributed by atoms with E-state index in [1.807, 2.05) is 18.7 Å². The van der Waals surface area contributed by atoms with Crippen LogP contribution >= 0.6 is 0 Å². The van der Waals surface area contributed by atoms with E-state index in [-0.39, 0.29) is 11.8 Å². The minimum atomic E-state index is 0.0437. The van der Waals surface area contributed by atoms with Gasteiger partial charge in [0.2, 0.25) is 11.8 Å². The summed E-state index contributed by atoms with van der Waals surface area (Å²) in [6.07, 6.45) is 3.11. The molecule has 0 radical (unpaired) electrons. The van der Waals surface area contributed by atoms with Crippen molar-refractivity contribution in [3.8, 4) is 0 Å². The Kier molecular flexibility index (Phi) is 8.35. The molecule has 1 fully saturated rings. The second-order valence-electron chi connectivity index (χ2n) is 6.33. The van der Waals surface area contributed by atoms with Gasteiger partial charge >= 0.3 is 0 Å². The molecule has 1 rings (SSSR count). The summed E-state index contributed by atoms with van der Waals surface area (Å²) in [4.78, 5) is 25.5. The maximum Gasteiger partial charge on any atom is 0.224 e. The molecule has 0 atom stereocenters. The Morgan fingerprint density at radius 1 is 1.24 bits per heavy atom. The molecule has 21 heavy (non-hydrogen) atoms. The largest absolute Gasteiger partial charge is 0.356 e. The van der Waals surface area contributed by atoms with Gasteiger partial charge in [0.1, 0.15) is 0 Å². The highest BCUT2D eigenvalue weighted by Crippen LogP contribution is 2.16. The zero-order valence-electron chi connectivity index (χ0n) is 13.8. The van der Waals surface area contributed by atoms with Crippen molar-refractivity contribution in [3.05, 3.63) is 0 Å². The zero-order chi connectivity index (χ0) is 15.7. The molecule has 0 aliphatic carbocycles. The van der Waals surface area contributed by atoms with Gasteiger partial charge in [-0.2, -0.15) is 0 Å². The van der Waals surface area contributed by atoms with Crippen molar-refractivity contribution in [1.29, 1.82) is 0 Å². The van der Waals surface area contributed by atoms with Gasteiger partial charge < -0.3 is 15.5 Å². The molecule has 0 aromatic rings. The number of nitrogens with zero attached hydrogens (tertiary/aromatic N) is 1. The number of rotatable bonds is 8. The molecule has 1 aliphatic heterocycles. The van der Waals surface area contributed by atoms with E-state index in [2.05, 4.69) is 17.6 Å². The molecule has 0 aromatic carbocycles. The molecule has 1 aliphatic rings. The summed E-state index contributed by atoms with van der Waals surface area (Å²) >= 11 is 0. The highest BCUT2D eigenvalue weighted by atomic mass is 16.2. The number of piperidine rings is 1. The van der Waals surface area contributed by atoms with Crippen LogP contribution in [-0.2, 0) is 9.59 Å². The van der Waals surface area contributed by atoms with E-state index in [4.69, 9.17) is 0 Å². The fraction of sp³-hybridized carbons (Fsp3) is 0.875. The molecule has 2 N–H and O–H groups in total. The van der Waals surface area contributed by atoms with Gasteiger partial charge in [0, 0.05) is 32.5 Å². The van der Waals surface area contributed by atoms with Crippen LogP contribution in [0.15, 0.2) is 0 Å². The van der Waals surface area contributed by atoms with E-state index in [0.717, 1.165) is 39.0 Å². The van der Waals surface area contributed by atoms with Crippen LogP contribution in [0.5, 0.6) is 0 Å². The molecular formula is C16H31N3O2. The van der Waals surface area contributed by atoms with Gasteiger partial charge in [0.15, 0.2) is 0 Å². The number of carbonyl (C=O) groups is 2. The average molecular weight is 297 g/mol. The first kappa shape index (κ1) is 18.0. The maximum atomic E-state index is 12.1. The first-order chi connectivity index (χ1) is 10.0. The average Bonchev–Trinajstić information content (AvgIpc) is 2.44. The van der Waals surface area contributed by atoms with E-state index in [1.165, 1.54) is 0 Å². The van der Waals surface area contributed by atoms with E-state index in [0.29, 0.717) is 31.2 Å². The Hall–Kier alpha value is -1.10. The summed E-state index contributed by atoms with van der Waals surface area (Å²) in [5.41, 5.74) is 0. The van der Waals surface area contributed by atoms with E-state index < -0.39 is 0 Å². The van der Waals surface area contributed by atoms with Gasteiger partial charge in [-0.25, -0.2) is 0 Å². The third-order valence-corrected chi connectivity index (χ3v) is 3.90. The summed E-state index contributed by atoms with van der Waals surface area (Å²) in [6, 6.07) is 0. The highest BCUT2D eigenvalue weighted by Gasteiger charge is 2.22. The topological polar surface area (TPSA) is 61.4 Å². The lowest BCUT2D eigenvalue weighted by Crippen LogP contribution is -2.41. The standard InChI is InChI=1S/C16H31N3O2/c1-4-17-12-14-6-9-19(10-7-14)16(21)5-8-18-15(20)11-13(2)3/h13-14,17H,4-12H2,1-3H3,(H,18,20). The third kappa shape index (κ3) is 7.46. The monoisotopic (exact) mass is 297 g/mol. The van der Waals surface area contributed by atoms with Crippen molar-refractivity contribution in [3.63, 3.8) is 0 Å². The molecule has 0 aromatic heterocycles. The number of likely N-dealkylation sites (tertiary alicyclic amines) is 1. The molecule has 1 heterocycles. The van der Waals surface area contributed by atoms with Crippen LogP contribution in [0.1, 0.15) is 46.5 Å². The molecule has 0 spiro atoms. The van der Waals surface area contributed by atoms with E-state index >= 15 is 0 Å². The number of nitrogens with one attached hydrogen (secondary N) is 2. The first-order valence-electron chi connectivity index (χ1n) is 8.28. The van der Waals surface area contributed by atoms with Crippen LogP contribution in [0.3, 0.4) is 0 Å². The van der Waals surface area contributed by atoms with E-state index in [1.54, 1.807) is 0 Å². The Labute approximate surface area is 128 Å². The van der Waals surface area contributed by atoms with Crippen LogP contribution in [0.2, 0.25) is 0 Å². The van der Waals surface area contributed by atoms with Gasteiger partial charge in [0.25, 0.3) is 0 Å². The lowest BCUT2D eigenvalue weighted by molar-refractivity contribution is -0.132. The second-order valence-corrected chi connectivity index (χ2v) is 6.33. The Morgan fingerprint density at radius 3 is 2.48 bits per heavy atom. The van der Waals surface area contributed by atoms with Crippen LogP contribution in [0, 0.1) is 11.8 Å². The minimum absolute atomic E-state index is 0.0437. The van der Waals surface area contributed by atoms with Gasteiger partial charge in [-0.1, -0.05) is 20.8 Å². The second kappa shape index (κ2) is 9.77. The predicted molar refractivity (Wildman–Crippen MR) is 84.9 cm³/mol. The fourth-order valence-corrected chi connectivity index (χ4v) is 2.64. The summed E-state index contributed by atoms with van der Waals surface area (Å²) in [6.45, 7) is 10.4. The van der Waals surface area contributed by atoms with E-state index in [9.17, 15) is 9.59 Å². The summed E-state index contributed by atoms with van der Waals surface area (Å²) in [7, 11) is 0. The lowest BCUT2D eigenvalue weighted by Gasteiger charge is -2.32. The number of hydrogen-bond donors (Lipinski definition) is 2. The predicted octanol–water partition coefficient (Wildman–Crippen LogP) is 1.39. The Bertz CT molecular complexity index is 323. The van der Waals surface area contributed by atoms with Crippen LogP contribution in [0.25, 0.3) is 0 Å². The zero-order valence-corrected chi connectivity index (χ0v) is 13.8. The molecule has 5 heteroatoms. The molecule has 0 saturated carbocycles. The molecule has 0 bridgehead atoms. The third-order valence-electron chi connectivity index (χ3n) is 3.90. The first-order valence-corrected chi connectivity index (χ1v) is 8.28. The van der Waals surface area contributed by atoms with Crippen molar-refractivity contribution in [2.75, 3.05) is 32.7 Å². The number of carbonyl (C=O) groups excluding carboxylic acids is 2. The van der Waals surface area contributed by atoms with Crippen molar-refractivity contribution < 1.29 is 9.59 Å². The summed E-state index contributed by atoms with van der Waals surface area (Å²) in [5.74, 6) is 1.26. The molecule has 0 unspecified atom stereocenters. The quantitative estimate of drug-likeness (QED) is 0.711. The van der Waals surface area contributed by atoms with Crippen LogP contribution in [0.4, 0.5) is 0 Å².